The van der Waals surface area contributed by atoms with Gasteiger partial charge >= 0.3 is 0 Å². The molecule has 0 atom stereocenters. The van der Waals surface area contributed by atoms with E-state index < -0.39 is 0 Å². The molecular formula is C10H14FNO3. The second kappa shape index (κ2) is 5.65. The highest BCUT2D eigenvalue weighted by Crippen LogP contribution is 2.24. The summed E-state index contributed by atoms with van der Waals surface area (Å²) < 4.78 is 23.1. The van der Waals surface area contributed by atoms with E-state index in [4.69, 9.17) is 14.7 Å². The first kappa shape index (κ1) is 11.9. The number of methoxy groups -OCH3 is 2. The van der Waals surface area contributed by atoms with Crippen molar-refractivity contribution in [2.24, 2.45) is 0 Å². The minimum Gasteiger partial charge on any atom is -0.496 e. The molecule has 0 saturated heterocycles. The second-order valence-electron chi connectivity index (χ2n) is 3.01. The van der Waals surface area contributed by atoms with Crippen molar-refractivity contribution >= 4 is 0 Å². The average molecular weight is 215 g/mol. The Morgan fingerprint density at radius 2 is 2.13 bits per heavy atom. The standard InChI is InChI=1S/C10H14FNO3/c1-14-6-7-3-8(11)4-10(15-2)9(7)5-12-13/h3-4,12-13H,5-6H2,1-2H3. The van der Waals surface area contributed by atoms with Gasteiger partial charge in [0.05, 0.1) is 13.7 Å². The van der Waals surface area contributed by atoms with E-state index in [0.717, 1.165) is 0 Å². The lowest BCUT2D eigenvalue weighted by molar-refractivity contribution is 0.156. The molecule has 0 saturated carbocycles. The number of nitrogens with one attached hydrogen (secondary N) is 1. The largest absolute Gasteiger partial charge is 0.496 e. The van der Waals surface area contributed by atoms with E-state index in [2.05, 4.69) is 0 Å². The topological polar surface area (TPSA) is 50.7 Å². The molecule has 0 aliphatic rings. The van der Waals surface area contributed by atoms with Gasteiger partial charge < -0.3 is 14.7 Å². The average Bonchev–Trinajstić information content (AvgIpc) is 2.22. The zero-order valence-corrected chi connectivity index (χ0v) is 8.71. The van der Waals surface area contributed by atoms with Gasteiger partial charge in [-0.2, -0.15) is 0 Å². The van der Waals surface area contributed by atoms with Gasteiger partial charge in [0.2, 0.25) is 0 Å². The fourth-order valence-corrected chi connectivity index (χ4v) is 1.41. The summed E-state index contributed by atoms with van der Waals surface area (Å²) in [4.78, 5) is 0. The quantitative estimate of drug-likeness (QED) is 0.730. The second-order valence-corrected chi connectivity index (χ2v) is 3.01. The minimum absolute atomic E-state index is 0.183. The first-order valence-corrected chi connectivity index (χ1v) is 4.44. The van der Waals surface area contributed by atoms with E-state index in [0.29, 0.717) is 16.9 Å². The molecule has 0 unspecified atom stereocenters. The molecule has 0 heterocycles. The molecule has 84 valence electrons. The fourth-order valence-electron chi connectivity index (χ4n) is 1.41. The number of hydroxylamine groups is 1. The molecule has 0 amide bonds. The minimum atomic E-state index is -0.388. The molecule has 0 aliphatic heterocycles. The number of hydrogen-bond acceptors (Lipinski definition) is 4. The van der Waals surface area contributed by atoms with Crippen LogP contribution >= 0.6 is 0 Å². The third kappa shape index (κ3) is 2.89. The molecular weight excluding hydrogens is 201 g/mol. The predicted molar refractivity (Wildman–Crippen MR) is 52.3 cm³/mol. The Kier molecular flexibility index (Phi) is 4.48. The first-order valence-electron chi connectivity index (χ1n) is 4.44. The Balaban J connectivity index is 3.14. The molecule has 5 heteroatoms. The van der Waals surface area contributed by atoms with Crippen molar-refractivity contribution in [2.75, 3.05) is 14.2 Å². The number of rotatable bonds is 5. The van der Waals surface area contributed by atoms with Gasteiger partial charge in [0.1, 0.15) is 11.6 Å². The summed E-state index contributed by atoms with van der Waals surface area (Å²) in [7, 11) is 2.97. The highest BCUT2D eigenvalue weighted by Gasteiger charge is 2.11. The van der Waals surface area contributed by atoms with Crippen LogP contribution in [0.25, 0.3) is 0 Å². The fraction of sp³-hybridized carbons (Fsp3) is 0.400. The molecule has 0 radical (unpaired) electrons. The van der Waals surface area contributed by atoms with Crippen molar-refractivity contribution in [1.82, 2.24) is 5.48 Å². The van der Waals surface area contributed by atoms with Crippen LogP contribution in [0.2, 0.25) is 0 Å². The Morgan fingerprint density at radius 1 is 1.40 bits per heavy atom. The smallest absolute Gasteiger partial charge is 0.127 e. The molecule has 15 heavy (non-hydrogen) atoms. The number of ether oxygens (including phenoxy) is 2. The van der Waals surface area contributed by atoms with Crippen LogP contribution in [0, 0.1) is 5.82 Å². The zero-order chi connectivity index (χ0) is 11.3. The summed E-state index contributed by atoms with van der Waals surface area (Å²) in [5.74, 6) is 0.00388. The molecule has 0 aromatic heterocycles. The summed E-state index contributed by atoms with van der Waals surface area (Å²) in [6.07, 6.45) is 0. The van der Waals surface area contributed by atoms with Gasteiger partial charge in [0.25, 0.3) is 0 Å². The van der Waals surface area contributed by atoms with E-state index >= 15 is 0 Å². The molecule has 0 fully saturated rings. The van der Waals surface area contributed by atoms with Gasteiger partial charge in [0, 0.05) is 25.3 Å². The molecule has 0 spiro atoms. The van der Waals surface area contributed by atoms with Crippen LogP contribution < -0.4 is 10.2 Å². The van der Waals surface area contributed by atoms with Crippen molar-refractivity contribution in [3.8, 4) is 5.75 Å². The Morgan fingerprint density at radius 3 is 2.67 bits per heavy atom. The van der Waals surface area contributed by atoms with E-state index in [-0.39, 0.29) is 19.0 Å². The van der Waals surface area contributed by atoms with Gasteiger partial charge in [-0.1, -0.05) is 0 Å². The maximum absolute atomic E-state index is 13.1. The van der Waals surface area contributed by atoms with Gasteiger partial charge in [-0.15, -0.1) is 0 Å². The molecule has 4 nitrogen and oxygen atoms in total. The van der Waals surface area contributed by atoms with Crippen LogP contribution in [-0.4, -0.2) is 19.4 Å². The highest BCUT2D eigenvalue weighted by atomic mass is 19.1. The molecule has 0 bridgehead atoms. The van der Waals surface area contributed by atoms with Crippen molar-refractivity contribution in [2.45, 2.75) is 13.2 Å². The van der Waals surface area contributed by atoms with Gasteiger partial charge in [-0.05, 0) is 11.6 Å². The van der Waals surface area contributed by atoms with Crippen molar-refractivity contribution < 1.29 is 19.1 Å². The maximum Gasteiger partial charge on any atom is 0.127 e. The van der Waals surface area contributed by atoms with E-state index in [1.807, 2.05) is 5.48 Å². The molecule has 2 N–H and O–H groups in total. The zero-order valence-electron chi connectivity index (χ0n) is 8.71. The monoisotopic (exact) mass is 215 g/mol. The summed E-state index contributed by atoms with van der Waals surface area (Å²) in [6, 6.07) is 2.63. The highest BCUT2D eigenvalue weighted by molar-refractivity contribution is 5.40. The number of hydrogen-bond donors (Lipinski definition) is 2. The van der Waals surface area contributed by atoms with Crippen molar-refractivity contribution in [3.05, 3.63) is 29.1 Å². The molecule has 1 rings (SSSR count). The summed E-state index contributed by atoms with van der Waals surface area (Å²) in [6.45, 7) is 0.452. The van der Waals surface area contributed by atoms with Crippen LogP contribution in [0.5, 0.6) is 5.75 Å². The SMILES string of the molecule is COCc1cc(F)cc(OC)c1CNO. The van der Waals surface area contributed by atoms with Crippen molar-refractivity contribution in [3.63, 3.8) is 0 Å². The predicted octanol–water partition coefficient (Wildman–Crippen LogP) is 1.46. The van der Waals surface area contributed by atoms with Crippen molar-refractivity contribution in [1.29, 1.82) is 0 Å². The molecule has 1 aromatic rings. The van der Waals surface area contributed by atoms with Gasteiger partial charge in [-0.3, -0.25) is 0 Å². The van der Waals surface area contributed by atoms with Gasteiger partial charge in [-0.25, -0.2) is 9.87 Å². The normalized spacial score (nSPS) is 10.4. The lowest BCUT2D eigenvalue weighted by Crippen LogP contribution is -2.11. The Labute approximate surface area is 87.6 Å². The maximum atomic E-state index is 13.1. The van der Waals surface area contributed by atoms with Crippen LogP contribution in [0.1, 0.15) is 11.1 Å². The van der Waals surface area contributed by atoms with Crippen LogP contribution in [-0.2, 0) is 17.9 Å². The van der Waals surface area contributed by atoms with E-state index in [1.54, 1.807) is 0 Å². The molecule has 0 aliphatic carbocycles. The van der Waals surface area contributed by atoms with Crippen LogP contribution in [0.3, 0.4) is 0 Å². The third-order valence-electron chi connectivity index (χ3n) is 2.04. The van der Waals surface area contributed by atoms with Gasteiger partial charge in [0.15, 0.2) is 0 Å². The lowest BCUT2D eigenvalue weighted by Gasteiger charge is -2.13. The number of halogens is 1. The van der Waals surface area contributed by atoms with Crippen LogP contribution in [0.15, 0.2) is 12.1 Å². The molecule has 1 aromatic carbocycles. The Bertz CT molecular complexity index is 331. The summed E-state index contributed by atoms with van der Waals surface area (Å²) in [5, 5.41) is 8.66. The first-order chi connectivity index (χ1) is 7.22. The van der Waals surface area contributed by atoms with E-state index in [9.17, 15) is 4.39 Å². The number of benzene rings is 1. The Hall–Kier alpha value is -1.17. The summed E-state index contributed by atoms with van der Waals surface area (Å²) >= 11 is 0. The van der Waals surface area contributed by atoms with Crippen LogP contribution in [0.4, 0.5) is 4.39 Å². The lowest BCUT2D eigenvalue weighted by atomic mass is 10.1. The third-order valence-corrected chi connectivity index (χ3v) is 2.04. The summed E-state index contributed by atoms with van der Waals surface area (Å²) in [5.41, 5.74) is 3.35. The van der Waals surface area contributed by atoms with E-state index in [1.165, 1.54) is 26.4 Å².